The summed E-state index contributed by atoms with van der Waals surface area (Å²) in [6.45, 7) is 7.59. The molecule has 6 heteroatoms. The van der Waals surface area contributed by atoms with Crippen LogP contribution in [0.2, 0.25) is 0 Å². The van der Waals surface area contributed by atoms with Gasteiger partial charge in [0.05, 0.1) is 6.04 Å². The van der Waals surface area contributed by atoms with Crippen molar-refractivity contribution in [1.82, 2.24) is 10.6 Å². The number of hydrogen-bond acceptors (Lipinski definition) is 3. The Bertz CT molecular complexity index is 473. The maximum atomic E-state index is 11.9. The van der Waals surface area contributed by atoms with Crippen molar-refractivity contribution in [1.29, 1.82) is 0 Å². The Balaban J connectivity index is 2.59. The Morgan fingerprint density at radius 2 is 1.95 bits per heavy atom. The monoisotopic (exact) mass is 298 g/mol. The molecular weight excluding hydrogens is 276 g/mol. The van der Waals surface area contributed by atoms with Gasteiger partial charge in [-0.1, -0.05) is 20.3 Å². The first-order chi connectivity index (χ1) is 9.35. The summed E-state index contributed by atoms with van der Waals surface area (Å²) < 4.78 is 0. The maximum Gasteiger partial charge on any atom is 0.326 e. The third kappa shape index (κ3) is 4.52. The molecule has 0 aliphatic carbocycles. The molecule has 0 spiro atoms. The van der Waals surface area contributed by atoms with Gasteiger partial charge in [-0.25, -0.2) is 9.59 Å². The molecule has 1 rings (SSSR count). The third-order valence-corrected chi connectivity index (χ3v) is 4.48. The summed E-state index contributed by atoms with van der Waals surface area (Å²) in [7, 11) is 0. The molecule has 0 aliphatic rings. The second-order valence-corrected chi connectivity index (χ2v) is 6.31. The maximum absolute atomic E-state index is 11.9. The predicted octanol–water partition coefficient (Wildman–Crippen LogP) is 2.92. The predicted molar refractivity (Wildman–Crippen MR) is 80.0 cm³/mol. The van der Waals surface area contributed by atoms with Crippen LogP contribution in [0.3, 0.4) is 0 Å². The van der Waals surface area contributed by atoms with Gasteiger partial charge in [0.2, 0.25) is 0 Å². The van der Waals surface area contributed by atoms with E-state index in [-0.39, 0.29) is 12.0 Å². The number of thiophene rings is 1. The number of aliphatic carboxylic acids is 1. The molecule has 0 bridgehead atoms. The van der Waals surface area contributed by atoms with Crippen LogP contribution in [-0.4, -0.2) is 23.1 Å². The lowest BCUT2D eigenvalue weighted by molar-refractivity contribution is -0.140. The minimum atomic E-state index is -1.01. The van der Waals surface area contributed by atoms with Gasteiger partial charge in [0, 0.05) is 9.75 Å². The topological polar surface area (TPSA) is 78.4 Å². The molecule has 0 saturated carbocycles. The summed E-state index contributed by atoms with van der Waals surface area (Å²) in [6, 6.07) is 2.51. The van der Waals surface area contributed by atoms with Gasteiger partial charge in [-0.15, -0.1) is 11.3 Å². The lowest BCUT2D eigenvalue weighted by Gasteiger charge is -2.21. The zero-order valence-corrected chi connectivity index (χ0v) is 13.1. The number of carboxylic acids is 1. The van der Waals surface area contributed by atoms with Crippen molar-refractivity contribution < 1.29 is 14.7 Å². The van der Waals surface area contributed by atoms with Crippen LogP contribution < -0.4 is 10.6 Å². The first-order valence-corrected chi connectivity index (χ1v) is 7.53. The quantitative estimate of drug-likeness (QED) is 0.755. The van der Waals surface area contributed by atoms with E-state index in [1.807, 2.05) is 39.8 Å². The average molecular weight is 298 g/mol. The number of nitrogens with one attached hydrogen (secondary N) is 2. The van der Waals surface area contributed by atoms with Crippen molar-refractivity contribution >= 4 is 23.3 Å². The molecule has 1 aromatic rings. The number of carbonyl (C=O) groups excluding carboxylic acids is 1. The van der Waals surface area contributed by atoms with E-state index in [0.717, 1.165) is 4.88 Å². The number of carbonyl (C=O) groups is 2. The highest BCUT2D eigenvalue weighted by molar-refractivity contribution is 7.12. The third-order valence-electron chi connectivity index (χ3n) is 3.30. The van der Waals surface area contributed by atoms with Gasteiger partial charge in [-0.05, 0) is 31.9 Å². The van der Waals surface area contributed by atoms with E-state index in [0.29, 0.717) is 6.42 Å². The smallest absolute Gasteiger partial charge is 0.326 e. The van der Waals surface area contributed by atoms with E-state index in [9.17, 15) is 9.59 Å². The zero-order valence-electron chi connectivity index (χ0n) is 12.3. The highest BCUT2D eigenvalue weighted by Gasteiger charge is 2.25. The van der Waals surface area contributed by atoms with Crippen LogP contribution in [0, 0.1) is 12.8 Å². The average Bonchev–Trinajstić information content (AvgIpc) is 2.81. The molecule has 1 aromatic heterocycles. The highest BCUT2D eigenvalue weighted by atomic mass is 32.1. The highest BCUT2D eigenvalue weighted by Crippen LogP contribution is 2.22. The molecule has 0 aromatic carbocycles. The minimum Gasteiger partial charge on any atom is -0.480 e. The van der Waals surface area contributed by atoms with Gasteiger partial charge in [0.25, 0.3) is 0 Å². The first kappa shape index (κ1) is 16.5. The van der Waals surface area contributed by atoms with Crippen molar-refractivity contribution in [3.8, 4) is 0 Å². The van der Waals surface area contributed by atoms with Crippen LogP contribution in [-0.2, 0) is 4.79 Å². The molecule has 0 saturated heterocycles. The fourth-order valence-corrected chi connectivity index (χ4v) is 2.70. The summed E-state index contributed by atoms with van der Waals surface area (Å²) in [4.78, 5) is 25.3. The van der Waals surface area contributed by atoms with E-state index in [1.54, 1.807) is 11.3 Å². The van der Waals surface area contributed by atoms with Gasteiger partial charge in [-0.3, -0.25) is 0 Å². The van der Waals surface area contributed by atoms with Crippen LogP contribution >= 0.6 is 11.3 Å². The van der Waals surface area contributed by atoms with E-state index in [2.05, 4.69) is 10.6 Å². The molecule has 0 fully saturated rings. The van der Waals surface area contributed by atoms with Crippen LogP contribution in [0.4, 0.5) is 4.79 Å². The largest absolute Gasteiger partial charge is 0.480 e. The molecule has 2 amide bonds. The molecule has 112 valence electrons. The minimum absolute atomic E-state index is 0.113. The summed E-state index contributed by atoms with van der Waals surface area (Å²) in [5, 5.41) is 14.4. The number of aryl methyl sites for hydroxylation is 1. The van der Waals surface area contributed by atoms with Gasteiger partial charge in [-0.2, -0.15) is 0 Å². The van der Waals surface area contributed by atoms with Crippen LogP contribution in [0.25, 0.3) is 0 Å². The second kappa shape index (κ2) is 7.28. The summed E-state index contributed by atoms with van der Waals surface area (Å²) in [5.41, 5.74) is 0. The van der Waals surface area contributed by atoms with E-state index >= 15 is 0 Å². The van der Waals surface area contributed by atoms with E-state index in [1.165, 1.54) is 4.88 Å². The summed E-state index contributed by atoms with van der Waals surface area (Å²) in [5.74, 6) is -1.12. The fraction of sp³-hybridized carbons (Fsp3) is 0.571. The molecule has 20 heavy (non-hydrogen) atoms. The van der Waals surface area contributed by atoms with Crippen LogP contribution in [0.15, 0.2) is 12.1 Å². The molecule has 1 unspecified atom stereocenters. The lowest BCUT2D eigenvalue weighted by atomic mass is 9.99. The Morgan fingerprint density at radius 1 is 1.30 bits per heavy atom. The SMILES string of the molecule is CC[C@H](C)[C@H](NC(=O)NC(C)c1ccc(C)s1)C(=O)O. The first-order valence-electron chi connectivity index (χ1n) is 6.71. The van der Waals surface area contributed by atoms with Crippen molar-refractivity contribution in [3.05, 3.63) is 21.9 Å². The van der Waals surface area contributed by atoms with Crippen molar-refractivity contribution in [2.75, 3.05) is 0 Å². The lowest BCUT2D eigenvalue weighted by Crippen LogP contribution is -2.49. The number of rotatable bonds is 6. The zero-order chi connectivity index (χ0) is 15.3. The van der Waals surface area contributed by atoms with Gasteiger partial charge < -0.3 is 15.7 Å². The van der Waals surface area contributed by atoms with Gasteiger partial charge in [0.15, 0.2) is 0 Å². The Labute approximate surface area is 123 Å². The molecule has 3 N–H and O–H groups in total. The Morgan fingerprint density at radius 3 is 2.40 bits per heavy atom. The second-order valence-electron chi connectivity index (χ2n) is 4.99. The summed E-state index contributed by atoms with van der Waals surface area (Å²) in [6.07, 6.45) is 0.691. The van der Waals surface area contributed by atoms with Crippen molar-refractivity contribution in [3.63, 3.8) is 0 Å². The Hall–Kier alpha value is -1.56. The normalized spacial score (nSPS) is 15.2. The number of urea groups is 1. The number of carboxylic acid groups (broad SMARTS) is 1. The molecule has 0 aliphatic heterocycles. The van der Waals surface area contributed by atoms with E-state index < -0.39 is 18.0 Å². The summed E-state index contributed by atoms with van der Waals surface area (Å²) >= 11 is 1.61. The molecular formula is C14H22N2O3S. The molecule has 0 radical (unpaired) electrons. The molecule has 5 nitrogen and oxygen atoms in total. The fourth-order valence-electron chi connectivity index (χ4n) is 1.82. The van der Waals surface area contributed by atoms with Gasteiger partial charge >= 0.3 is 12.0 Å². The van der Waals surface area contributed by atoms with Crippen molar-refractivity contribution in [2.24, 2.45) is 5.92 Å². The number of hydrogen-bond donors (Lipinski definition) is 3. The van der Waals surface area contributed by atoms with Crippen molar-refractivity contribution in [2.45, 2.75) is 46.2 Å². The van der Waals surface area contributed by atoms with E-state index in [4.69, 9.17) is 5.11 Å². The Kier molecular flexibility index (Phi) is 6.01. The standard InChI is InChI=1S/C14H22N2O3S/c1-5-8(2)12(13(17)18)16-14(19)15-10(4)11-7-6-9(3)20-11/h6-8,10,12H,5H2,1-4H3,(H,17,18)(H2,15,16,19)/t8-,10?,12-/m0/s1. The van der Waals surface area contributed by atoms with Crippen LogP contribution in [0.1, 0.15) is 43.0 Å². The molecule has 3 atom stereocenters. The van der Waals surface area contributed by atoms with Gasteiger partial charge in [0.1, 0.15) is 6.04 Å². The number of amides is 2. The van der Waals surface area contributed by atoms with Crippen LogP contribution in [0.5, 0.6) is 0 Å². The molecule has 1 heterocycles.